The van der Waals surface area contributed by atoms with Gasteiger partial charge in [-0.05, 0) is 42.7 Å². The summed E-state index contributed by atoms with van der Waals surface area (Å²) < 4.78 is 5.40. The van der Waals surface area contributed by atoms with E-state index in [1.807, 2.05) is 30.3 Å². The number of halogens is 2. The van der Waals surface area contributed by atoms with Gasteiger partial charge in [0.05, 0.1) is 7.11 Å². The van der Waals surface area contributed by atoms with E-state index in [0.717, 1.165) is 23.4 Å². The minimum Gasteiger partial charge on any atom is -0.496 e. The molecular weight excluding hydrogens is 305 g/mol. The second kappa shape index (κ2) is 6.27. The van der Waals surface area contributed by atoms with E-state index < -0.39 is 0 Å². The van der Waals surface area contributed by atoms with Crippen LogP contribution in [0.15, 0.2) is 36.4 Å². The van der Waals surface area contributed by atoms with Gasteiger partial charge in [0.1, 0.15) is 5.75 Å². The fourth-order valence-electron chi connectivity index (χ4n) is 2.33. The van der Waals surface area contributed by atoms with Gasteiger partial charge in [0.2, 0.25) is 0 Å². The Balaban J connectivity index is 1.89. The van der Waals surface area contributed by atoms with Crippen LogP contribution in [0, 0.1) is 0 Å². The van der Waals surface area contributed by atoms with E-state index in [1.54, 1.807) is 7.11 Å². The smallest absolute Gasteiger partial charge is 0.126 e. The van der Waals surface area contributed by atoms with Crippen LogP contribution in [0.3, 0.4) is 0 Å². The Morgan fingerprint density at radius 3 is 2.57 bits per heavy atom. The summed E-state index contributed by atoms with van der Waals surface area (Å²) in [7, 11) is 1.65. The van der Waals surface area contributed by atoms with Gasteiger partial charge in [-0.15, -0.1) is 0 Å². The lowest BCUT2D eigenvalue weighted by molar-refractivity contribution is 0.416. The predicted molar refractivity (Wildman–Crippen MR) is 88.3 cm³/mol. The van der Waals surface area contributed by atoms with Crippen molar-refractivity contribution >= 4 is 23.2 Å². The van der Waals surface area contributed by atoms with Crippen molar-refractivity contribution in [1.82, 2.24) is 5.32 Å². The minimum absolute atomic E-state index is 0.668. The number of hydrogen-bond acceptors (Lipinski definition) is 2. The number of nitrogens with one attached hydrogen (secondary N) is 1. The first-order chi connectivity index (χ1) is 10.2. The highest BCUT2D eigenvalue weighted by atomic mass is 35.5. The van der Waals surface area contributed by atoms with E-state index in [1.165, 1.54) is 18.4 Å². The second-order valence-electron chi connectivity index (χ2n) is 5.31. The summed E-state index contributed by atoms with van der Waals surface area (Å²) in [6, 6.07) is 12.4. The van der Waals surface area contributed by atoms with E-state index in [9.17, 15) is 0 Å². The summed E-state index contributed by atoms with van der Waals surface area (Å²) in [5.74, 6) is 0.769. The molecule has 2 aromatic rings. The van der Waals surface area contributed by atoms with Crippen molar-refractivity contribution < 1.29 is 4.74 Å². The lowest BCUT2D eigenvalue weighted by Gasteiger charge is -2.12. The Bertz CT molecular complexity index is 653. The van der Waals surface area contributed by atoms with Gasteiger partial charge in [0.25, 0.3) is 0 Å². The molecule has 1 aliphatic carbocycles. The molecule has 4 heteroatoms. The van der Waals surface area contributed by atoms with Crippen LogP contribution in [0.2, 0.25) is 10.0 Å². The lowest BCUT2D eigenvalue weighted by atomic mass is 10.0. The van der Waals surface area contributed by atoms with E-state index in [2.05, 4.69) is 11.4 Å². The van der Waals surface area contributed by atoms with Crippen LogP contribution in [0.25, 0.3) is 11.1 Å². The Morgan fingerprint density at radius 1 is 1.10 bits per heavy atom. The summed E-state index contributed by atoms with van der Waals surface area (Å²) in [6.45, 7) is 0.858. The van der Waals surface area contributed by atoms with Crippen molar-refractivity contribution in [3.05, 3.63) is 52.0 Å². The molecule has 0 radical (unpaired) electrons. The Morgan fingerprint density at radius 2 is 1.90 bits per heavy atom. The standard InChI is InChI=1S/C17H17Cl2NO/c1-21-17-7-3-12(18)9-15(17)14-6-2-11(8-16(14)19)10-20-13-4-5-13/h2-3,6-9,13,20H,4-5,10H2,1H3. The van der Waals surface area contributed by atoms with E-state index in [4.69, 9.17) is 27.9 Å². The molecule has 1 aliphatic rings. The van der Waals surface area contributed by atoms with Gasteiger partial charge < -0.3 is 10.1 Å². The zero-order valence-corrected chi connectivity index (χ0v) is 13.3. The fraction of sp³-hybridized carbons (Fsp3) is 0.294. The van der Waals surface area contributed by atoms with Crippen LogP contribution >= 0.6 is 23.2 Å². The molecule has 2 aromatic carbocycles. The predicted octanol–water partition coefficient (Wildman–Crippen LogP) is 4.92. The molecule has 0 saturated heterocycles. The van der Waals surface area contributed by atoms with Crippen molar-refractivity contribution in [2.45, 2.75) is 25.4 Å². The normalized spacial score (nSPS) is 14.2. The summed E-state index contributed by atoms with van der Waals surface area (Å²) in [4.78, 5) is 0. The first-order valence-electron chi connectivity index (χ1n) is 7.03. The Labute approximate surface area is 135 Å². The molecule has 0 aliphatic heterocycles. The Kier molecular flexibility index (Phi) is 4.39. The SMILES string of the molecule is COc1ccc(Cl)cc1-c1ccc(CNC2CC2)cc1Cl. The van der Waals surface area contributed by atoms with E-state index in [-0.39, 0.29) is 0 Å². The molecule has 2 nitrogen and oxygen atoms in total. The zero-order valence-electron chi connectivity index (χ0n) is 11.8. The molecule has 0 heterocycles. The summed E-state index contributed by atoms with van der Waals surface area (Å²) >= 11 is 12.5. The third-order valence-electron chi connectivity index (χ3n) is 3.66. The summed E-state index contributed by atoms with van der Waals surface area (Å²) in [5, 5.41) is 4.87. The van der Waals surface area contributed by atoms with Gasteiger partial charge in [0, 0.05) is 33.8 Å². The average molecular weight is 322 g/mol. The van der Waals surface area contributed by atoms with Crippen molar-refractivity contribution in [3.8, 4) is 16.9 Å². The van der Waals surface area contributed by atoms with Crippen molar-refractivity contribution in [3.63, 3.8) is 0 Å². The van der Waals surface area contributed by atoms with Gasteiger partial charge in [0.15, 0.2) is 0 Å². The third kappa shape index (κ3) is 3.52. The lowest BCUT2D eigenvalue weighted by Crippen LogP contribution is -2.15. The van der Waals surface area contributed by atoms with Crippen LogP contribution in [-0.2, 0) is 6.54 Å². The maximum Gasteiger partial charge on any atom is 0.126 e. The molecular formula is C17H17Cl2NO. The molecule has 21 heavy (non-hydrogen) atoms. The quantitative estimate of drug-likeness (QED) is 0.843. The number of rotatable bonds is 5. The maximum atomic E-state index is 6.45. The third-order valence-corrected chi connectivity index (χ3v) is 4.21. The van der Waals surface area contributed by atoms with Gasteiger partial charge in [-0.1, -0.05) is 35.3 Å². The topological polar surface area (TPSA) is 21.3 Å². The molecule has 0 atom stereocenters. The summed E-state index contributed by atoms with van der Waals surface area (Å²) in [6.07, 6.45) is 2.57. The average Bonchev–Trinajstić information content (AvgIpc) is 3.29. The molecule has 0 aromatic heterocycles. The van der Waals surface area contributed by atoms with Crippen LogP contribution in [0.5, 0.6) is 5.75 Å². The molecule has 0 spiro atoms. The molecule has 0 bridgehead atoms. The van der Waals surface area contributed by atoms with Crippen LogP contribution < -0.4 is 10.1 Å². The van der Waals surface area contributed by atoms with E-state index >= 15 is 0 Å². The van der Waals surface area contributed by atoms with Crippen molar-refractivity contribution in [2.75, 3.05) is 7.11 Å². The number of ether oxygens (including phenoxy) is 1. The zero-order chi connectivity index (χ0) is 14.8. The van der Waals surface area contributed by atoms with Crippen LogP contribution in [0.1, 0.15) is 18.4 Å². The highest BCUT2D eigenvalue weighted by molar-refractivity contribution is 6.34. The van der Waals surface area contributed by atoms with E-state index in [0.29, 0.717) is 16.1 Å². The number of hydrogen-bond donors (Lipinski definition) is 1. The maximum absolute atomic E-state index is 6.45. The second-order valence-corrected chi connectivity index (χ2v) is 6.16. The Hall–Kier alpha value is -1.22. The van der Waals surface area contributed by atoms with Crippen molar-refractivity contribution in [1.29, 1.82) is 0 Å². The largest absolute Gasteiger partial charge is 0.496 e. The minimum atomic E-state index is 0.668. The van der Waals surface area contributed by atoms with Gasteiger partial charge in [-0.3, -0.25) is 0 Å². The molecule has 0 unspecified atom stereocenters. The van der Waals surface area contributed by atoms with Gasteiger partial charge in [-0.25, -0.2) is 0 Å². The molecule has 110 valence electrons. The monoisotopic (exact) mass is 321 g/mol. The molecule has 1 fully saturated rings. The van der Waals surface area contributed by atoms with Gasteiger partial charge in [-0.2, -0.15) is 0 Å². The molecule has 1 N–H and O–H groups in total. The highest BCUT2D eigenvalue weighted by Crippen LogP contribution is 2.37. The molecule has 1 saturated carbocycles. The highest BCUT2D eigenvalue weighted by Gasteiger charge is 2.20. The fourth-order valence-corrected chi connectivity index (χ4v) is 2.80. The molecule has 0 amide bonds. The van der Waals surface area contributed by atoms with Gasteiger partial charge >= 0.3 is 0 Å². The van der Waals surface area contributed by atoms with Crippen LogP contribution in [-0.4, -0.2) is 13.2 Å². The number of benzene rings is 2. The van der Waals surface area contributed by atoms with Crippen LogP contribution in [0.4, 0.5) is 0 Å². The van der Waals surface area contributed by atoms with Crippen molar-refractivity contribution in [2.24, 2.45) is 0 Å². The molecule has 3 rings (SSSR count). The first kappa shape index (κ1) is 14.7. The number of methoxy groups -OCH3 is 1. The first-order valence-corrected chi connectivity index (χ1v) is 7.78. The summed E-state index contributed by atoms with van der Waals surface area (Å²) in [5.41, 5.74) is 3.04.